The third-order valence-electron chi connectivity index (χ3n) is 2.96. The van der Waals surface area contributed by atoms with Crippen LogP contribution in [0.1, 0.15) is 18.9 Å². The summed E-state index contributed by atoms with van der Waals surface area (Å²) in [6.07, 6.45) is 3.52. The fraction of sp³-hybridized carbons (Fsp3) is 0.200. The van der Waals surface area contributed by atoms with Gasteiger partial charge in [-0.1, -0.05) is 41.9 Å². The normalized spacial score (nSPS) is 10.2. The van der Waals surface area contributed by atoms with Gasteiger partial charge in [0.2, 0.25) is 6.20 Å². The van der Waals surface area contributed by atoms with Crippen molar-refractivity contribution in [3.05, 3.63) is 48.3 Å². The van der Waals surface area contributed by atoms with Gasteiger partial charge in [-0.05, 0) is 23.8 Å². The molecule has 1 aromatic carbocycles. The van der Waals surface area contributed by atoms with Crippen LogP contribution in [0.5, 0.6) is 5.75 Å². The van der Waals surface area contributed by atoms with Gasteiger partial charge in [-0.2, -0.15) is 0 Å². The van der Waals surface area contributed by atoms with E-state index in [2.05, 4.69) is 5.43 Å². The van der Waals surface area contributed by atoms with E-state index in [0.717, 1.165) is 11.1 Å². The predicted octanol–water partition coefficient (Wildman–Crippen LogP) is 1.50. The quantitative estimate of drug-likeness (QED) is 0.846. The lowest BCUT2D eigenvalue weighted by Crippen LogP contribution is -2.48. The molecular formula is C15H16N2O2. The van der Waals surface area contributed by atoms with Gasteiger partial charge >= 0.3 is 0 Å². The summed E-state index contributed by atoms with van der Waals surface area (Å²) >= 11 is 0. The monoisotopic (exact) mass is 256 g/mol. The van der Waals surface area contributed by atoms with Crippen LogP contribution in [0.2, 0.25) is 0 Å². The Labute approximate surface area is 112 Å². The van der Waals surface area contributed by atoms with E-state index < -0.39 is 0 Å². The highest BCUT2D eigenvalue weighted by Gasteiger charge is 2.12. The molecule has 1 N–H and O–H groups in total. The molecule has 0 saturated carbocycles. The summed E-state index contributed by atoms with van der Waals surface area (Å²) in [7, 11) is 0. The van der Waals surface area contributed by atoms with Crippen LogP contribution in [0.25, 0.3) is 11.1 Å². The maximum atomic E-state index is 11.9. The molecule has 1 heterocycles. The number of benzene rings is 1. The maximum absolute atomic E-state index is 11.9. The van der Waals surface area contributed by atoms with Crippen molar-refractivity contribution in [2.75, 3.05) is 5.43 Å². The minimum atomic E-state index is -0.132. The zero-order valence-electron chi connectivity index (χ0n) is 11.0. The molecule has 2 aromatic rings. The maximum Gasteiger partial charge on any atom is 0.274 e. The van der Waals surface area contributed by atoms with Crippen molar-refractivity contribution in [2.24, 2.45) is 0 Å². The molecule has 0 unspecified atom stereocenters. The molecule has 0 radical (unpaired) electrons. The number of pyridine rings is 1. The standard InChI is InChI=1S/C15H16N2O2/c1-3-15(19)16-17-9-13(11(2)14(18)10-17)12-7-5-4-6-8-12/h4-10H,3H2,1-2H3,(H-,16,18,19). The molecule has 0 atom stereocenters. The SMILES string of the molecule is CCC(=O)N[n+]1cc([O-])c(C)c(-c2ccccc2)c1. The van der Waals surface area contributed by atoms with E-state index in [9.17, 15) is 9.90 Å². The van der Waals surface area contributed by atoms with Gasteiger partial charge in [-0.3, -0.25) is 4.79 Å². The van der Waals surface area contributed by atoms with Crippen LogP contribution in [-0.4, -0.2) is 5.91 Å². The lowest BCUT2D eigenvalue weighted by Gasteiger charge is -2.12. The molecule has 0 bridgehead atoms. The van der Waals surface area contributed by atoms with Crippen molar-refractivity contribution in [2.45, 2.75) is 20.3 Å². The summed E-state index contributed by atoms with van der Waals surface area (Å²) in [4.78, 5) is 11.4. The number of hydrogen-bond donors (Lipinski definition) is 1. The topological polar surface area (TPSA) is 56.0 Å². The second-order valence-corrected chi connectivity index (χ2v) is 4.32. The fourth-order valence-electron chi connectivity index (χ4n) is 1.83. The molecule has 4 nitrogen and oxygen atoms in total. The molecule has 0 aliphatic rings. The van der Waals surface area contributed by atoms with Crippen molar-refractivity contribution in [1.82, 2.24) is 0 Å². The molecule has 19 heavy (non-hydrogen) atoms. The summed E-state index contributed by atoms with van der Waals surface area (Å²) in [6.45, 7) is 3.55. The van der Waals surface area contributed by atoms with E-state index in [0.29, 0.717) is 12.0 Å². The summed E-state index contributed by atoms with van der Waals surface area (Å²) in [5, 5.41) is 11.9. The Balaban J connectivity index is 2.46. The molecule has 4 heteroatoms. The Bertz CT molecular complexity index is 595. The van der Waals surface area contributed by atoms with Gasteiger partial charge in [0, 0.05) is 6.42 Å². The molecule has 98 valence electrons. The number of amides is 1. The van der Waals surface area contributed by atoms with Gasteiger partial charge in [0.05, 0.1) is 5.56 Å². The van der Waals surface area contributed by atoms with E-state index in [-0.39, 0.29) is 11.7 Å². The highest BCUT2D eigenvalue weighted by Crippen LogP contribution is 2.25. The lowest BCUT2D eigenvalue weighted by atomic mass is 10.0. The van der Waals surface area contributed by atoms with Crippen LogP contribution in [-0.2, 0) is 4.79 Å². The van der Waals surface area contributed by atoms with E-state index >= 15 is 0 Å². The largest absolute Gasteiger partial charge is 0.868 e. The van der Waals surface area contributed by atoms with Crippen molar-refractivity contribution >= 4 is 5.91 Å². The Morgan fingerprint density at radius 1 is 1.26 bits per heavy atom. The molecule has 2 rings (SSSR count). The first-order valence-corrected chi connectivity index (χ1v) is 6.20. The van der Waals surface area contributed by atoms with Gasteiger partial charge in [0.25, 0.3) is 5.91 Å². The average Bonchev–Trinajstić information content (AvgIpc) is 2.43. The zero-order valence-corrected chi connectivity index (χ0v) is 11.0. The van der Waals surface area contributed by atoms with Gasteiger partial charge in [0.15, 0.2) is 6.20 Å². The number of nitrogens with zero attached hydrogens (tertiary/aromatic N) is 1. The van der Waals surface area contributed by atoms with Crippen LogP contribution < -0.4 is 15.2 Å². The number of carbonyl (C=O) groups is 1. The van der Waals surface area contributed by atoms with Gasteiger partial charge in [-0.25, -0.2) is 0 Å². The minimum absolute atomic E-state index is 0.0993. The molecule has 0 spiro atoms. The second-order valence-electron chi connectivity index (χ2n) is 4.32. The first kappa shape index (κ1) is 13.1. The first-order valence-electron chi connectivity index (χ1n) is 6.20. The van der Waals surface area contributed by atoms with Crippen LogP contribution in [0.3, 0.4) is 0 Å². The highest BCUT2D eigenvalue weighted by molar-refractivity contribution is 5.81. The Morgan fingerprint density at radius 2 is 1.95 bits per heavy atom. The molecule has 0 aliphatic carbocycles. The Kier molecular flexibility index (Phi) is 3.80. The molecular weight excluding hydrogens is 240 g/mol. The molecule has 0 aliphatic heterocycles. The van der Waals surface area contributed by atoms with E-state index in [1.165, 1.54) is 10.9 Å². The van der Waals surface area contributed by atoms with Crippen molar-refractivity contribution < 1.29 is 14.6 Å². The van der Waals surface area contributed by atoms with Gasteiger partial charge in [-0.15, -0.1) is 5.43 Å². The third-order valence-corrected chi connectivity index (χ3v) is 2.96. The Hall–Kier alpha value is -2.36. The van der Waals surface area contributed by atoms with E-state index in [1.54, 1.807) is 20.0 Å². The average molecular weight is 256 g/mol. The molecule has 0 fully saturated rings. The van der Waals surface area contributed by atoms with Crippen molar-refractivity contribution in [3.8, 4) is 16.9 Å². The van der Waals surface area contributed by atoms with Gasteiger partial charge < -0.3 is 5.11 Å². The zero-order chi connectivity index (χ0) is 13.8. The number of aromatic nitrogens is 1. The molecule has 0 saturated heterocycles. The third kappa shape index (κ3) is 2.91. The smallest absolute Gasteiger partial charge is 0.274 e. The van der Waals surface area contributed by atoms with Crippen LogP contribution in [0.4, 0.5) is 0 Å². The number of rotatable bonds is 3. The highest BCUT2D eigenvalue weighted by atomic mass is 16.3. The lowest BCUT2D eigenvalue weighted by molar-refractivity contribution is -0.644. The summed E-state index contributed by atoms with van der Waals surface area (Å²) in [5.41, 5.74) is 5.10. The summed E-state index contributed by atoms with van der Waals surface area (Å²) in [5.74, 6) is -0.231. The fourth-order valence-corrected chi connectivity index (χ4v) is 1.83. The summed E-state index contributed by atoms with van der Waals surface area (Å²) < 4.78 is 1.43. The van der Waals surface area contributed by atoms with Crippen molar-refractivity contribution in [3.63, 3.8) is 0 Å². The predicted molar refractivity (Wildman–Crippen MR) is 70.9 cm³/mol. The minimum Gasteiger partial charge on any atom is -0.868 e. The van der Waals surface area contributed by atoms with Crippen LogP contribution >= 0.6 is 0 Å². The number of hydrogen-bond acceptors (Lipinski definition) is 2. The Morgan fingerprint density at radius 3 is 2.58 bits per heavy atom. The number of carbonyl (C=O) groups excluding carboxylic acids is 1. The first-order chi connectivity index (χ1) is 9.11. The van der Waals surface area contributed by atoms with E-state index in [1.807, 2.05) is 30.3 Å². The molecule has 1 aromatic heterocycles. The van der Waals surface area contributed by atoms with Crippen molar-refractivity contribution in [1.29, 1.82) is 0 Å². The summed E-state index contributed by atoms with van der Waals surface area (Å²) in [6, 6.07) is 9.64. The number of nitrogens with one attached hydrogen (secondary N) is 1. The molecule has 1 amide bonds. The van der Waals surface area contributed by atoms with Crippen LogP contribution in [0, 0.1) is 6.92 Å². The van der Waals surface area contributed by atoms with E-state index in [4.69, 9.17) is 0 Å². The van der Waals surface area contributed by atoms with Crippen LogP contribution in [0.15, 0.2) is 42.7 Å². The second kappa shape index (κ2) is 5.52. The van der Waals surface area contributed by atoms with Gasteiger partial charge in [0.1, 0.15) is 0 Å².